The molecule has 1 aliphatic heterocycles. The van der Waals surface area contributed by atoms with E-state index in [9.17, 15) is 5.11 Å². The topological polar surface area (TPSA) is 35.5 Å². The molecule has 1 saturated heterocycles. The van der Waals surface area contributed by atoms with Gasteiger partial charge in [-0.05, 0) is 25.8 Å². The zero-order chi connectivity index (χ0) is 9.52. The van der Waals surface area contributed by atoms with E-state index >= 15 is 0 Å². The van der Waals surface area contributed by atoms with Crippen LogP contribution >= 0.6 is 0 Å². The van der Waals surface area contributed by atoms with E-state index in [1.54, 1.807) is 0 Å². The van der Waals surface area contributed by atoms with Crippen molar-refractivity contribution in [3.8, 4) is 0 Å². The second-order valence-electron chi connectivity index (χ2n) is 3.78. The monoisotopic (exact) mass is 186 g/mol. The summed E-state index contributed by atoms with van der Waals surface area (Å²) in [5.74, 6) is 0. The number of unbranched alkanes of at least 4 members (excludes halogenated alkanes) is 2. The SMILES string of the molecule is CCCCCNC(O)N1CCCC1. The Morgan fingerprint density at radius 1 is 1.31 bits per heavy atom. The highest BCUT2D eigenvalue weighted by Gasteiger charge is 2.18. The number of hydrogen-bond donors (Lipinski definition) is 2. The molecule has 0 radical (unpaired) electrons. The summed E-state index contributed by atoms with van der Waals surface area (Å²) in [6.07, 6.45) is 5.71. The quantitative estimate of drug-likeness (QED) is 0.482. The van der Waals surface area contributed by atoms with Gasteiger partial charge in [-0.3, -0.25) is 10.2 Å². The fourth-order valence-electron chi connectivity index (χ4n) is 1.72. The molecule has 1 heterocycles. The van der Waals surface area contributed by atoms with Crippen LogP contribution in [0.3, 0.4) is 0 Å². The van der Waals surface area contributed by atoms with Gasteiger partial charge in [0.05, 0.1) is 0 Å². The molecular weight excluding hydrogens is 164 g/mol. The van der Waals surface area contributed by atoms with E-state index in [-0.39, 0.29) is 0 Å². The lowest BCUT2D eigenvalue weighted by atomic mass is 10.2. The molecule has 0 saturated carbocycles. The molecule has 1 rings (SSSR count). The highest BCUT2D eigenvalue weighted by molar-refractivity contribution is 4.67. The van der Waals surface area contributed by atoms with Crippen molar-refractivity contribution in [2.75, 3.05) is 19.6 Å². The molecule has 0 amide bonds. The van der Waals surface area contributed by atoms with Crippen LogP contribution in [0.2, 0.25) is 0 Å². The van der Waals surface area contributed by atoms with Gasteiger partial charge in [-0.25, -0.2) is 0 Å². The fraction of sp³-hybridized carbons (Fsp3) is 1.00. The highest BCUT2D eigenvalue weighted by Crippen LogP contribution is 2.08. The minimum Gasteiger partial charge on any atom is -0.365 e. The molecule has 1 unspecified atom stereocenters. The number of likely N-dealkylation sites (tertiary alicyclic amines) is 1. The van der Waals surface area contributed by atoms with Gasteiger partial charge in [-0.15, -0.1) is 0 Å². The number of hydrogen-bond acceptors (Lipinski definition) is 3. The van der Waals surface area contributed by atoms with Crippen molar-refractivity contribution >= 4 is 0 Å². The summed E-state index contributed by atoms with van der Waals surface area (Å²) >= 11 is 0. The van der Waals surface area contributed by atoms with E-state index in [1.807, 2.05) is 0 Å². The van der Waals surface area contributed by atoms with Crippen LogP contribution in [-0.2, 0) is 0 Å². The first-order valence-corrected chi connectivity index (χ1v) is 5.50. The number of nitrogens with one attached hydrogen (secondary N) is 1. The van der Waals surface area contributed by atoms with Crippen molar-refractivity contribution in [2.24, 2.45) is 0 Å². The lowest BCUT2D eigenvalue weighted by Crippen LogP contribution is -2.44. The Balaban J connectivity index is 1.99. The van der Waals surface area contributed by atoms with Crippen molar-refractivity contribution in [1.82, 2.24) is 10.2 Å². The zero-order valence-electron chi connectivity index (χ0n) is 8.63. The fourth-order valence-corrected chi connectivity index (χ4v) is 1.72. The van der Waals surface area contributed by atoms with E-state index in [0.717, 1.165) is 19.6 Å². The normalized spacial score (nSPS) is 20.8. The van der Waals surface area contributed by atoms with Crippen molar-refractivity contribution in [1.29, 1.82) is 0 Å². The number of aliphatic hydroxyl groups excluding tert-OH is 1. The molecule has 0 aromatic carbocycles. The van der Waals surface area contributed by atoms with E-state index in [1.165, 1.54) is 32.1 Å². The number of nitrogens with zero attached hydrogens (tertiary/aromatic N) is 1. The van der Waals surface area contributed by atoms with Gasteiger partial charge in [0.1, 0.15) is 0 Å². The lowest BCUT2D eigenvalue weighted by molar-refractivity contribution is -0.00698. The Bertz CT molecular complexity index is 124. The number of aliphatic hydroxyl groups is 1. The second-order valence-corrected chi connectivity index (χ2v) is 3.78. The van der Waals surface area contributed by atoms with Crippen LogP contribution in [0.5, 0.6) is 0 Å². The third-order valence-electron chi connectivity index (χ3n) is 2.59. The summed E-state index contributed by atoms with van der Waals surface area (Å²) in [6.45, 7) is 5.21. The first kappa shape index (κ1) is 11.0. The maximum atomic E-state index is 9.66. The molecule has 2 N–H and O–H groups in total. The van der Waals surface area contributed by atoms with Crippen molar-refractivity contribution in [2.45, 2.75) is 45.4 Å². The Morgan fingerprint density at radius 3 is 2.62 bits per heavy atom. The molecule has 13 heavy (non-hydrogen) atoms. The van der Waals surface area contributed by atoms with Crippen LogP contribution in [0, 0.1) is 0 Å². The average molecular weight is 186 g/mol. The lowest BCUT2D eigenvalue weighted by Gasteiger charge is -2.23. The molecule has 1 atom stereocenters. The smallest absolute Gasteiger partial charge is 0.163 e. The highest BCUT2D eigenvalue weighted by atomic mass is 16.3. The predicted octanol–water partition coefficient (Wildman–Crippen LogP) is 1.14. The van der Waals surface area contributed by atoms with Gasteiger partial charge < -0.3 is 5.11 Å². The third-order valence-corrected chi connectivity index (χ3v) is 2.59. The number of rotatable bonds is 6. The largest absolute Gasteiger partial charge is 0.365 e. The minimum absolute atomic E-state index is 0.403. The molecule has 78 valence electrons. The average Bonchev–Trinajstić information content (AvgIpc) is 2.65. The standard InChI is InChI=1S/C10H22N2O/c1-2-3-4-7-11-10(13)12-8-5-6-9-12/h10-11,13H,2-9H2,1H3. The van der Waals surface area contributed by atoms with Gasteiger partial charge >= 0.3 is 0 Å². The summed E-state index contributed by atoms with van der Waals surface area (Å²) in [7, 11) is 0. The minimum atomic E-state index is -0.403. The Morgan fingerprint density at radius 2 is 2.00 bits per heavy atom. The molecule has 1 aliphatic rings. The molecule has 0 bridgehead atoms. The van der Waals surface area contributed by atoms with Crippen LogP contribution in [0.25, 0.3) is 0 Å². The van der Waals surface area contributed by atoms with Crippen molar-refractivity contribution in [3.05, 3.63) is 0 Å². The second kappa shape index (κ2) is 6.35. The van der Waals surface area contributed by atoms with Gasteiger partial charge in [0.15, 0.2) is 6.35 Å². The van der Waals surface area contributed by atoms with Crippen molar-refractivity contribution < 1.29 is 5.11 Å². The predicted molar refractivity (Wildman–Crippen MR) is 54.3 cm³/mol. The van der Waals surface area contributed by atoms with Gasteiger partial charge in [0.25, 0.3) is 0 Å². The Labute approximate surface area is 81.1 Å². The van der Waals surface area contributed by atoms with Crippen LogP contribution < -0.4 is 5.32 Å². The summed E-state index contributed by atoms with van der Waals surface area (Å²) < 4.78 is 0. The molecule has 0 aliphatic carbocycles. The molecular formula is C10H22N2O. The van der Waals surface area contributed by atoms with Crippen LogP contribution in [-0.4, -0.2) is 36.0 Å². The van der Waals surface area contributed by atoms with Crippen molar-refractivity contribution in [3.63, 3.8) is 0 Å². The molecule has 0 spiro atoms. The van der Waals surface area contributed by atoms with E-state index in [4.69, 9.17) is 0 Å². The first-order chi connectivity index (χ1) is 6.34. The van der Waals surface area contributed by atoms with Gasteiger partial charge in [-0.2, -0.15) is 0 Å². The van der Waals surface area contributed by atoms with E-state index in [2.05, 4.69) is 17.1 Å². The summed E-state index contributed by atoms with van der Waals surface area (Å²) in [6, 6.07) is 0. The van der Waals surface area contributed by atoms with Gasteiger partial charge in [0, 0.05) is 13.1 Å². The third kappa shape index (κ3) is 4.07. The Hall–Kier alpha value is -0.120. The summed E-state index contributed by atoms with van der Waals surface area (Å²) in [4.78, 5) is 2.10. The van der Waals surface area contributed by atoms with Gasteiger partial charge in [0.2, 0.25) is 0 Å². The maximum absolute atomic E-state index is 9.66. The van der Waals surface area contributed by atoms with E-state index < -0.39 is 6.35 Å². The summed E-state index contributed by atoms with van der Waals surface area (Å²) in [5.41, 5.74) is 0. The van der Waals surface area contributed by atoms with Crippen LogP contribution in [0.15, 0.2) is 0 Å². The molecule has 3 heteroatoms. The molecule has 0 aromatic rings. The summed E-state index contributed by atoms with van der Waals surface area (Å²) in [5, 5.41) is 12.8. The molecule has 1 fully saturated rings. The van der Waals surface area contributed by atoms with Crippen LogP contribution in [0.4, 0.5) is 0 Å². The maximum Gasteiger partial charge on any atom is 0.163 e. The molecule has 0 aromatic heterocycles. The first-order valence-electron chi connectivity index (χ1n) is 5.50. The van der Waals surface area contributed by atoms with E-state index in [0.29, 0.717) is 0 Å². The van der Waals surface area contributed by atoms with Gasteiger partial charge in [-0.1, -0.05) is 19.8 Å². The molecule has 3 nitrogen and oxygen atoms in total. The Kier molecular flexibility index (Phi) is 5.35. The zero-order valence-corrected chi connectivity index (χ0v) is 8.63. The van der Waals surface area contributed by atoms with Crippen LogP contribution in [0.1, 0.15) is 39.0 Å².